The topological polar surface area (TPSA) is 113 Å². The lowest BCUT2D eigenvalue weighted by atomic mass is 9.94. The highest BCUT2D eigenvalue weighted by Crippen LogP contribution is 2.29. The molecule has 4 rings (SSSR count). The van der Waals surface area contributed by atoms with E-state index in [4.69, 9.17) is 4.74 Å². The van der Waals surface area contributed by atoms with E-state index in [-0.39, 0.29) is 12.1 Å². The van der Waals surface area contributed by atoms with Gasteiger partial charge in [0, 0.05) is 19.3 Å². The van der Waals surface area contributed by atoms with Crippen LogP contribution < -0.4 is 10.6 Å². The molecule has 37 heavy (non-hydrogen) atoms. The maximum atomic E-state index is 13.6. The third-order valence-electron chi connectivity index (χ3n) is 6.32. The van der Waals surface area contributed by atoms with Crippen LogP contribution in [0.1, 0.15) is 70.5 Å². The fourth-order valence-corrected chi connectivity index (χ4v) is 5.18. The minimum Gasteiger partial charge on any atom is -0.444 e. The number of fused-ring (bicyclic) bond motifs is 1. The monoisotopic (exact) mass is 530 g/mol. The van der Waals surface area contributed by atoms with Gasteiger partial charge in [-0.2, -0.15) is 0 Å². The number of amides is 1. The van der Waals surface area contributed by atoms with Crippen molar-refractivity contribution in [3.63, 3.8) is 0 Å². The maximum Gasteiger partial charge on any atom is 0.410 e. The average Bonchev–Trinajstić information content (AvgIpc) is 3.31. The maximum absolute atomic E-state index is 13.6. The van der Waals surface area contributed by atoms with E-state index in [0.29, 0.717) is 42.8 Å². The second kappa shape index (κ2) is 11.7. The number of ether oxygens (including phenoxy) is 1. The molecule has 1 fully saturated rings. The molecule has 0 saturated carbocycles. The summed E-state index contributed by atoms with van der Waals surface area (Å²) in [5, 5.41) is 19.2. The molecule has 3 N–H and O–H groups in total. The minimum absolute atomic E-state index is 0.254. The van der Waals surface area contributed by atoms with Crippen LogP contribution in [0, 0.1) is 11.7 Å². The molecule has 1 unspecified atom stereocenters. The third-order valence-corrected chi connectivity index (χ3v) is 7.24. The van der Waals surface area contributed by atoms with Gasteiger partial charge in [0.25, 0.3) is 0 Å². The number of aromatic nitrogens is 3. The molecule has 0 spiro atoms. The van der Waals surface area contributed by atoms with E-state index >= 15 is 0 Å². The quantitative estimate of drug-likeness (QED) is 0.348. The van der Waals surface area contributed by atoms with Gasteiger partial charge >= 0.3 is 6.09 Å². The highest BCUT2D eigenvalue weighted by atomic mass is 32.1. The van der Waals surface area contributed by atoms with E-state index < -0.39 is 17.6 Å². The molecule has 1 amide bonds. The van der Waals surface area contributed by atoms with Crippen LogP contribution in [0.3, 0.4) is 0 Å². The van der Waals surface area contributed by atoms with Crippen molar-refractivity contribution in [2.75, 3.05) is 25.0 Å². The number of nitrogens with zero attached hydrogens (tertiary/aromatic N) is 4. The van der Waals surface area contributed by atoms with Crippen LogP contribution in [-0.2, 0) is 4.74 Å². The van der Waals surface area contributed by atoms with Crippen molar-refractivity contribution >= 4 is 33.6 Å². The molecular formula is C26H35FN6O3S. The van der Waals surface area contributed by atoms with Crippen LogP contribution in [0.25, 0.3) is 10.2 Å². The van der Waals surface area contributed by atoms with Gasteiger partial charge in [0.2, 0.25) is 5.95 Å². The molecular weight excluding hydrogens is 495 g/mol. The zero-order chi connectivity index (χ0) is 26.6. The second-order valence-corrected chi connectivity index (χ2v) is 11.3. The number of rotatable bonds is 8. The number of nitrogens with one attached hydrogen (secondary N) is 2. The Balaban J connectivity index is 1.32. The van der Waals surface area contributed by atoms with Crippen LogP contribution in [-0.4, -0.2) is 56.3 Å². The van der Waals surface area contributed by atoms with Crippen molar-refractivity contribution in [3.8, 4) is 0 Å². The van der Waals surface area contributed by atoms with Crippen LogP contribution >= 0.6 is 11.3 Å². The number of carbonyl (C=O) groups is 1. The lowest BCUT2D eigenvalue weighted by Gasteiger charge is -2.33. The van der Waals surface area contributed by atoms with E-state index in [0.717, 1.165) is 35.7 Å². The van der Waals surface area contributed by atoms with Gasteiger partial charge in [0.15, 0.2) is 0 Å². The van der Waals surface area contributed by atoms with E-state index in [1.165, 1.54) is 17.4 Å². The Bertz CT molecular complexity index is 1210. The number of carbonyl (C=O) groups excluding carboxylic acids is 1. The fraction of sp³-hybridized carbons (Fsp3) is 0.538. The Morgan fingerprint density at radius 1 is 1.30 bits per heavy atom. The zero-order valence-corrected chi connectivity index (χ0v) is 22.5. The van der Waals surface area contributed by atoms with Crippen molar-refractivity contribution < 1.29 is 19.0 Å². The highest BCUT2D eigenvalue weighted by molar-refractivity contribution is 7.17. The van der Waals surface area contributed by atoms with Crippen molar-refractivity contribution in [2.45, 2.75) is 64.8 Å². The van der Waals surface area contributed by atoms with Crippen molar-refractivity contribution in [1.29, 1.82) is 0 Å². The number of likely N-dealkylation sites (tertiary alicyclic amines) is 1. The number of thiophene rings is 1. The number of aliphatic hydroxyl groups excluding tert-OH is 1. The van der Waals surface area contributed by atoms with Gasteiger partial charge in [-0.1, -0.05) is 0 Å². The predicted molar refractivity (Wildman–Crippen MR) is 142 cm³/mol. The Hall–Kier alpha value is -2.89. The van der Waals surface area contributed by atoms with E-state index in [2.05, 4.69) is 25.6 Å². The van der Waals surface area contributed by atoms with E-state index in [9.17, 15) is 14.3 Å². The lowest BCUT2D eigenvalue weighted by molar-refractivity contribution is 0.0180. The number of halogens is 1. The summed E-state index contributed by atoms with van der Waals surface area (Å²) in [4.78, 5) is 27.1. The Labute approximate surface area is 220 Å². The van der Waals surface area contributed by atoms with Gasteiger partial charge in [-0.3, -0.25) is 10.3 Å². The molecule has 1 saturated heterocycles. The molecule has 200 valence electrons. The average molecular weight is 531 g/mol. The summed E-state index contributed by atoms with van der Waals surface area (Å²) in [6.45, 7) is 9.46. The highest BCUT2D eigenvalue weighted by Gasteiger charge is 2.27. The molecule has 3 aromatic heterocycles. The SMILES string of the molecule is C[C@H](Nc1nc(C(O)NCCC2CCN(C(=O)OC(C)(C)C)CC2)c2sccc2n1)c1cncc(F)c1. The number of aliphatic hydroxyl groups is 1. The van der Waals surface area contributed by atoms with Crippen LogP contribution in [0.5, 0.6) is 0 Å². The van der Waals surface area contributed by atoms with Gasteiger partial charge in [-0.15, -0.1) is 11.3 Å². The molecule has 0 radical (unpaired) electrons. The third kappa shape index (κ3) is 7.33. The van der Waals surface area contributed by atoms with Crippen molar-refractivity contribution in [1.82, 2.24) is 25.2 Å². The predicted octanol–water partition coefficient (Wildman–Crippen LogP) is 5.02. The number of hydrogen-bond donors (Lipinski definition) is 3. The van der Waals surface area contributed by atoms with E-state index in [1.807, 2.05) is 39.1 Å². The summed E-state index contributed by atoms with van der Waals surface area (Å²) >= 11 is 1.47. The molecule has 2 atom stereocenters. The molecule has 0 bridgehead atoms. The Morgan fingerprint density at radius 2 is 2.05 bits per heavy atom. The van der Waals surface area contributed by atoms with Crippen LogP contribution in [0.2, 0.25) is 0 Å². The molecule has 0 aromatic carbocycles. The van der Waals surface area contributed by atoms with Crippen LogP contribution in [0.4, 0.5) is 15.1 Å². The van der Waals surface area contributed by atoms with Gasteiger partial charge < -0.3 is 20.1 Å². The summed E-state index contributed by atoms with van der Waals surface area (Å²) in [7, 11) is 0. The standard InChI is InChI=1S/C26H35FN6O3S/c1-16(18-13-19(27)15-28-14-18)30-24-31-20-8-12-37-22(20)21(32-24)23(34)29-9-5-17-6-10-33(11-7-17)25(35)36-26(2,3)4/h8,12-17,23,29,34H,5-7,9-11H2,1-4H3,(H,30,31,32)/t16-,23?/m0/s1. The van der Waals surface area contributed by atoms with Gasteiger partial charge in [-0.05, 0) is 82.5 Å². The molecule has 9 nitrogen and oxygen atoms in total. The Kier molecular flexibility index (Phi) is 8.56. The molecule has 0 aliphatic carbocycles. The smallest absolute Gasteiger partial charge is 0.410 e. The molecule has 4 heterocycles. The molecule has 1 aliphatic rings. The van der Waals surface area contributed by atoms with E-state index in [1.54, 1.807) is 11.1 Å². The van der Waals surface area contributed by atoms with Gasteiger partial charge in [-0.25, -0.2) is 19.2 Å². The van der Waals surface area contributed by atoms with Gasteiger partial charge in [0.05, 0.1) is 22.5 Å². The first-order chi connectivity index (χ1) is 17.6. The number of pyridine rings is 1. The number of hydrogen-bond acceptors (Lipinski definition) is 9. The summed E-state index contributed by atoms with van der Waals surface area (Å²) in [6.07, 6.45) is 4.23. The Morgan fingerprint density at radius 3 is 2.76 bits per heavy atom. The normalized spacial score (nSPS) is 16.5. The first-order valence-corrected chi connectivity index (χ1v) is 13.5. The van der Waals surface area contributed by atoms with Gasteiger partial charge in [0.1, 0.15) is 23.3 Å². The molecule has 11 heteroatoms. The lowest BCUT2D eigenvalue weighted by Crippen LogP contribution is -2.42. The first-order valence-electron chi connectivity index (χ1n) is 12.6. The number of piperidine rings is 1. The van der Waals surface area contributed by atoms with Crippen LogP contribution in [0.15, 0.2) is 29.9 Å². The molecule has 1 aliphatic heterocycles. The fourth-order valence-electron chi connectivity index (χ4n) is 4.33. The zero-order valence-electron chi connectivity index (χ0n) is 21.7. The number of anilines is 1. The largest absolute Gasteiger partial charge is 0.444 e. The summed E-state index contributed by atoms with van der Waals surface area (Å²) < 4.78 is 19.9. The van der Waals surface area contributed by atoms with Crippen molar-refractivity contribution in [2.24, 2.45) is 5.92 Å². The summed E-state index contributed by atoms with van der Waals surface area (Å²) in [5.74, 6) is 0.410. The van der Waals surface area contributed by atoms with Crippen molar-refractivity contribution in [3.05, 3.63) is 47.0 Å². The summed E-state index contributed by atoms with van der Waals surface area (Å²) in [5.41, 5.74) is 1.42. The minimum atomic E-state index is -0.960. The second-order valence-electron chi connectivity index (χ2n) is 10.4. The first kappa shape index (κ1) is 27.2. The summed E-state index contributed by atoms with van der Waals surface area (Å²) in [6, 6.07) is 3.03. The molecule has 3 aromatic rings.